The quantitative estimate of drug-likeness (QED) is 0.625. The molecule has 0 aromatic heterocycles. The highest BCUT2D eigenvalue weighted by molar-refractivity contribution is 9.10. The molecule has 0 saturated heterocycles. The third-order valence-corrected chi connectivity index (χ3v) is 3.43. The van der Waals surface area contributed by atoms with Crippen LogP contribution in [0.15, 0.2) is 46.9 Å². The third-order valence-electron chi connectivity index (χ3n) is 2.65. The molecule has 5 heteroatoms. The summed E-state index contributed by atoms with van der Waals surface area (Å²) >= 11 is 3.42. The molecule has 2 rings (SSSR count). The van der Waals surface area contributed by atoms with E-state index < -0.39 is 4.92 Å². The molecule has 2 aromatic carbocycles. The molecule has 0 saturated carbocycles. The molecule has 0 atom stereocenters. The number of nitro groups is 1. The van der Waals surface area contributed by atoms with Gasteiger partial charge in [0.1, 0.15) is 6.61 Å². The second-order valence-corrected chi connectivity index (χ2v) is 4.96. The molecule has 98 valence electrons. The molecular weight excluding hydrogens is 310 g/mol. The maximum atomic E-state index is 11.0. The lowest BCUT2D eigenvalue weighted by Gasteiger charge is -2.08. The number of aryl methyl sites for hydroxylation is 1. The summed E-state index contributed by atoms with van der Waals surface area (Å²) in [6.45, 7) is 2.09. The molecule has 0 bridgehead atoms. The van der Waals surface area contributed by atoms with E-state index in [9.17, 15) is 10.1 Å². The maximum Gasteiger partial charge on any atom is 0.311 e. The first-order valence-electron chi connectivity index (χ1n) is 5.69. The molecule has 0 heterocycles. The fourth-order valence-electron chi connectivity index (χ4n) is 1.66. The molecule has 0 fully saturated rings. The molecular formula is C14H12BrNO3. The molecule has 0 amide bonds. The van der Waals surface area contributed by atoms with Gasteiger partial charge in [-0.15, -0.1) is 0 Å². The van der Waals surface area contributed by atoms with Crippen molar-refractivity contribution >= 4 is 21.6 Å². The molecule has 0 radical (unpaired) electrons. The predicted molar refractivity (Wildman–Crippen MR) is 76.3 cm³/mol. The van der Waals surface area contributed by atoms with Crippen molar-refractivity contribution in [3.63, 3.8) is 0 Å². The lowest BCUT2D eigenvalue weighted by molar-refractivity contribution is -0.386. The number of nitro benzene ring substituents is 1. The Morgan fingerprint density at radius 2 is 2.00 bits per heavy atom. The number of rotatable bonds is 4. The van der Waals surface area contributed by atoms with Crippen molar-refractivity contribution in [1.29, 1.82) is 0 Å². The van der Waals surface area contributed by atoms with Crippen LogP contribution < -0.4 is 4.74 Å². The Hall–Kier alpha value is -1.88. The van der Waals surface area contributed by atoms with E-state index in [0.29, 0.717) is 0 Å². The number of halogens is 1. The van der Waals surface area contributed by atoms with Crippen LogP contribution in [0.1, 0.15) is 11.1 Å². The normalized spacial score (nSPS) is 10.2. The molecule has 0 N–H and O–H groups in total. The van der Waals surface area contributed by atoms with Crippen LogP contribution in [0, 0.1) is 17.0 Å². The van der Waals surface area contributed by atoms with Crippen LogP contribution in [0.3, 0.4) is 0 Å². The molecule has 4 nitrogen and oxygen atoms in total. The summed E-state index contributed by atoms with van der Waals surface area (Å²) in [6, 6.07) is 12.5. The van der Waals surface area contributed by atoms with Crippen LogP contribution in [0.5, 0.6) is 5.75 Å². The van der Waals surface area contributed by atoms with Crippen LogP contribution in [0.2, 0.25) is 0 Å². The first-order chi connectivity index (χ1) is 9.08. The zero-order valence-electron chi connectivity index (χ0n) is 10.3. The van der Waals surface area contributed by atoms with Gasteiger partial charge in [-0.1, -0.05) is 40.2 Å². The Morgan fingerprint density at radius 3 is 2.68 bits per heavy atom. The van der Waals surface area contributed by atoms with E-state index in [1.165, 1.54) is 6.07 Å². The van der Waals surface area contributed by atoms with E-state index in [4.69, 9.17) is 4.74 Å². The van der Waals surface area contributed by atoms with Crippen molar-refractivity contribution < 1.29 is 9.66 Å². The Labute approximate surface area is 119 Å². The zero-order chi connectivity index (χ0) is 13.8. The van der Waals surface area contributed by atoms with Gasteiger partial charge >= 0.3 is 5.69 Å². The average molecular weight is 322 g/mol. The zero-order valence-corrected chi connectivity index (χ0v) is 11.9. The van der Waals surface area contributed by atoms with Crippen molar-refractivity contribution in [3.8, 4) is 5.75 Å². The number of hydrogen-bond donors (Lipinski definition) is 0. The Morgan fingerprint density at radius 1 is 1.26 bits per heavy atom. The molecule has 19 heavy (non-hydrogen) atoms. The maximum absolute atomic E-state index is 11.0. The molecule has 0 aliphatic heterocycles. The summed E-state index contributed by atoms with van der Waals surface area (Å²) in [6.07, 6.45) is 0. The molecule has 0 aliphatic carbocycles. The smallest absolute Gasteiger partial charge is 0.311 e. The van der Waals surface area contributed by atoms with Crippen LogP contribution in [0.4, 0.5) is 5.69 Å². The average Bonchev–Trinajstić information content (AvgIpc) is 2.38. The van der Waals surface area contributed by atoms with E-state index in [0.717, 1.165) is 15.6 Å². The van der Waals surface area contributed by atoms with Gasteiger partial charge in [-0.25, -0.2) is 0 Å². The van der Waals surface area contributed by atoms with Gasteiger partial charge in [0.25, 0.3) is 0 Å². The van der Waals surface area contributed by atoms with E-state index in [1.54, 1.807) is 12.1 Å². The van der Waals surface area contributed by atoms with Crippen LogP contribution >= 0.6 is 15.9 Å². The van der Waals surface area contributed by atoms with Crippen LogP contribution in [0.25, 0.3) is 0 Å². The van der Waals surface area contributed by atoms with E-state index in [1.807, 2.05) is 31.2 Å². The summed E-state index contributed by atoms with van der Waals surface area (Å²) in [5.41, 5.74) is 1.77. The summed E-state index contributed by atoms with van der Waals surface area (Å²) < 4.78 is 6.47. The fourth-order valence-corrected chi connectivity index (χ4v) is 2.06. The Kier molecular flexibility index (Phi) is 4.16. The standard InChI is InChI=1S/C14H12BrNO3/c1-10-6-7-14(13(8-10)16(17)18)19-9-11-4-2-3-5-12(11)15/h2-8H,9H2,1H3. The summed E-state index contributed by atoms with van der Waals surface area (Å²) in [5, 5.41) is 11.0. The number of nitrogens with zero attached hydrogens (tertiary/aromatic N) is 1. The van der Waals surface area contributed by atoms with Gasteiger partial charge < -0.3 is 4.74 Å². The SMILES string of the molecule is Cc1ccc(OCc2ccccc2Br)c([N+](=O)[O-])c1. The molecule has 2 aromatic rings. The van der Waals surface area contributed by atoms with E-state index >= 15 is 0 Å². The molecule has 0 unspecified atom stereocenters. The Bertz CT molecular complexity index is 613. The second kappa shape index (κ2) is 5.84. The van der Waals surface area contributed by atoms with Gasteiger partial charge in [0.2, 0.25) is 0 Å². The lowest BCUT2D eigenvalue weighted by atomic mass is 10.2. The van der Waals surface area contributed by atoms with Gasteiger partial charge in [-0.2, -0.15) is 0 Å². The van der Waals surface area contributed by atoms with Gasteiger partial charge in [-0.05, 0) is 24.6 Å². The second-order valence-electron chi connectivity index (χ2n) is 4.11. The summed E-state index contributed by atoms with van der Waals surface area (Å²) in [7, 11) is 0. The first-order valence-corrected chi connectivity index (χ1v) is 6.48. The van der Waals surface area contributed by atoms with Crippen molar-refractivity contribution in [1.82, 2.24) is 0 Å². The van der Waals surface area contributed by atoms with Gasteiger partial charge in [0.15, 0.2) is 5.75 Å². The van der Waals surface area contributed by atoms with E-state index in [-0.39, 0.29) is 18.0 Å². The lowest BCUT2D eigenvalue weighted by Crippen LogP contribution is -2.00. The topological polar surface area (TPSA) is 52.4 Å². The van der Waals surface area contributed by atoms with Crippen molar-refractivity contribution in [2.45, 2.75) is 13.5 Å². The minimum Gasteiger partial charge on any atom is -0.482 e. The minimum atomic E-state index is -0.428. The monoisotopic (exact) mass is 321 g/mol. The molecule has 0 aliphatic rings. The number of ether oxygens (including phenoxy) is 1. The highest BCUT2D eigenvalue weighted by atomic mass is 79.9. The summed E-state index contributed by atoms with van der Waals surface area (Å²) in [5.74, 6) is 0.284. The van der Waals surface area contributed by atoms with Crippen molar-refractivity contribution in [2.24, 2.45) is 0 Å². The summed E-state index contributed by atoms with van der Waals surface area (Å²) in [4.78, 5) is 10.5. The number of benzene rings is 2. The predicted octanol–water partition coefficient (Wildman–Crippen LogP) is 4.24. The largest absolute Gasteiger partial charge is 0.482 e. The van der Waals surface area contributed by atoms with Gasteiger partial charge in [0.05, 0.1) is 4.92 Å². The van der Waals surface area contributed by atoms with Crippen LogP contribution in [-0.4, -0.2) is 4.92 Å². The number of hydrogen-bond acceptors (Lipinski definition) is 3. The highest BCUT2D eigenvalue weighted by Gasteiger charge is 2.15. The highest BCUT2D eigenvalue weighted by Crippen LogP contribution is 2.29. The first kappa shape index (κ1) is 13.5. The Balaban J connectivity index is 2.20. The van der Waals surface area contributed by atoms with Crippen molar-refractivity contribution in [2.75, 3.05) is 0 Å². The fraction of sp³-hybridized carbons (Fsp3) is 0.143. The third kappa shape index (κ3) is 3.32. The van der Waals surface area contributed by atoms with Crippen molar-refractivity contribution in [3.05, 3.63) is 68.2 Å². The van der Waals surface area contributed by atoms with Crippen LogP contribution in [-0.2, 0) is 6.61 Å². The van der Waals surface area contributed by atoms with E-state index in [2.05, 4.69) is 15.9 Å². The molecule has 0 spiro atoms. The minimum absolute atomic E-state index is 0.00736. The van der Waals surface area contributed by atoms with Gasteiger partial charge in [0, 0.05) is 16.1 Å². The van der Waals surface area contributed by atoms with Gasteiger partial charge in [-0.3, -0.25) is 10.1 Å².